The van der Waals surface area contributed by atoms with Gasteiger partial charge in [0.1, 0.15) is 36.8 Å². The summed E-state index contributed by atoms with van der Waals surface area (Å²) in [6, 6.07) is 0. The van der Waals surface area contributed by atoms with Crippen LogP contribution in [-0.4, -0.2) is 96.0 Å². The standard InChI is InChI=1S/C45H86O12S/c1-3-5-7-9-11-13-15-16-17-18-19-20-21-22-23-24-26-28-30-32-34-41(47)56-38(35-54-40(46)33-31-29-27-25-14-12-10-8-6-4-2)36-55-45-44(50)43(49)42(48)39(57-45)37-58(51,52)53/h38-39,42-45,48-50H,3-37H2,1-2H3,(H,51,52,53)/t38-,39-,42-,43?,44?,45+/m1/s1. The van der Waals surface area contributed by atoms with Gasteiger partial charge in [-0.05, 0) is 12.8 Å². The van der Waals surface area contributed by atoms with Gasteiger partial charge in [-0.25, -0.2) is 0 Å². The molecule has 12 nitrogen and oxygen atoms in total. The Morgan fingerprint density at radius 2 is 0.879 bits per heavy atom. The van der Waals surface area contributed by atoms with Gasteiger partial charge in [0.15, 0.2) is 12.4 Å². The Morgan fingerprint density at radius 1 is 0.517 bits per heavy atom. The molecular weight excluding hydrogens is 765 g/mol. The van der Waals surface area contributed by atoms with Crippen molar-refractivity contribution in [1.29, 1.82) is 0 Å². The third-order valence-electron chi connectivity index (χ3n) is 11.2. The second-order valence-corrected chi connectivity index (χ2v) is 18.3. The summed E-state index contributed by atoms with van der Waals surface area (Å²) in [4.78, 5) is 25.4. The molecular formula is C45H86O12S. The van der Waals surface area contributed by atoms with Crippen molar-refractivity contribution in [1.82, 2.24) is 0 Å². The van der Waals surface area contributed by atoms with Crippen molar-refractivity contribution < 1.29 is 56.8 Å². The van der Waals surface area contributed by atoms with E-state index in [1.54, 1.807) is 0 Å². The highest BCUT2D eigenvalue weighted by atomic mass is 32.2. The molecule has 0 bridgehead atoms. The smallest absolute Gasteiger partial charge is 0.306 e. The maximum absolute atomic E-state index is 12.8. The minimum absolute atomic E-state index is 0.173. The number of carbonyl (C=O) groups excluding carboxylic acids is 2. The zero-order valence-electron chi connectivity index (χ0n) is 36.7. The van der Waals surface area contributed by atoms with Gasteiger partial charge in [0.2, 0.25) is 0 Å². The molecule has 1 saturated heterocycles. The van der Waals surface area contributed by atoms with E-state index in [2.05, 4.69) is 13.8 Å². The van der Waals surface area contributed by atoms with Crippen LogP contribution in [0.1, 0.15) is 219 Å². The largest absolute Gasteiger partial charge is 0.462 e. The second-order valence-electron chi connectivity index (χ2n) is 16.8. The molecule has 4 N–H and O–H groups in total. The molecule has 6 atom stereocenters. The fourth-order valence-electron chi connectivity index (χ4n) is 7.50. The first-order valence-corrected chi connectivity index (χ1v) is 25.2. The van der Waals surface area contributed by atoms with E-state index >= 15 is 0 Å². The molecule has 58 heavy (non-hydrogen) atoms. The third-order valence-corrected chi connectivity index (χ3v) is 11.9. The van der Waals surface area contributed by atoms with Crippen LogP contribution in [0.15, 0.2) is 0 Å². The average molecular weight is 851 g/mol. The number of ether oxygens (including phenoxy) is 4. The molecule has 1 fully saturated rings. The molecule has 1 aliphatic rings. The summed E-state index contributed by atoms with van der Waals surface area (Å²) in [5.41, 5.74) is 0. The molecule has 0 aliphatic carbocycles. The first kappa shape index (κ1) is 54.7. The lowest BCUT2D eigenvalue weighted by Crippen LogP contribution is -2.60. The van der Waals surface area contributed by atoms with Crippen molar-refractivity contribution in [3.8, 4) is 0 Å². The maximum atomic E-state index is 12.8. The Balaban J connectivity index is 2.36. The van der Waals surface area contributed by atoms with E-state index in [0.29, 0.717) is 12.8 Å². The number of unbranched alkanes of at least 4 members (excludes halogenated alkanes) is 28. The Bertz CT molecular complexity index is 1090. The van der Waals surface area contributed by atoms with Crippen molar-refractivity contribution in [2.24, 2.45) is 0 Å². The molecule has 0 saturated carbocycles. The minimum Gasteiger partial charge on any atom is -0.462 e. The number of aliphatic hydroxyl groups excluding tert-OH is 3. The predicted octanol–water partition coefficient (Wildman–Crippen LogP) is 9.68. The zero-order chi connectivity index (χ0) is 42.7. The van der Waals surface area contributed by atoms with Gasteiger partial charge in [-0.2, -0.15) is 8.42 Å². The van der Waals surface area contributed by atoms with Crippen LogP contribution in [0.4, 0.5) is 0 Å². The first-order valence-electron chi connectivity index (χ1n) is 23.6. The quantitative estimate of drug-likeness (QED) is 0.0260. The van der Waals surface area contributed by atoms with Gasteiger partial charge in [0, 0.05) is 12.8 Å². The van der Waals surface area contributed by atoms with Crippen molar-refractivity contribution in [3.63, 3.8) is 0 Å². The van der Waals surface area contributed by atoms with Crippen LogP contribution in [0.2, 0.25) is 0 Å². The average Bonchev–Trinajstić information content (AvgIpc) is 3.18. The molecule has 0 amide bonds. The van der Waals surface area contributed by atoms with E-state index in [1.165, 1.54) is 141 Å². The summed E-state index contributed by atoms with van der Waals surface area (Å²) in [6.45, 7) is 3.77. The monoisotopic (exact) mass is 851 g/mol. The van der Waals surface area contributed by atoms with E-state index < -0.39 is 71.2 Å². The number of hydrogen-bond acceptors (Lipinski definition) is 11. The Labute approximate surface area is 353 Å². The van der Waals surface area contributed by atoms with Crippen LogP contribution in [0.5, 0.6) is 0 Å². The highest BCUT2D eigenvalue weighted by Gasteiger charge is 2.46. The summed E-state index contributed by atoms with van der Waals surface area (Å²) in [5, 5.41) is 30.9. The minimum atomic E-state index is -4.59. The predicted molar refractivity (Wildman–Crippen MR) is 229 cm³/mol. The fraction of sp³-hybridized carbons (Fsp3) is 0.956. The summed E-state index contributed by atoms with van der Waals surface area (Å²) in [6.07, 6.45) is 27.3. The van der Waals surface area contributed by atoms with Crippen molar-refractivity contribution in [2.75, 3.05) is 19.0 Å². The van der Waals surface area contributed by atoms with Crippen LogP contribution in [0, 0.1) is 0 Å². The number of esters is 2. The fourth-order valence-corrected chi connectivity index (χ4v) is 8.19. The molecule has 1 rings (SSSR count). The molecule has 344 valence electrons. The molecule has 1 heterocycles. The van der Waals surface area contributed by atoms with Crippen LogP contribution in [0.25, 0.3) is 0 Å². The van der Waals surface area contributed by atoms with Crippen molar-refractivity contribution in [3.05, 3.63) is 0 Å². The first-order chi connectivity index (χ1) is 28.0. The molecule has 13 heteroatoms. The number of aliphatic hydroxyl groups is 3. The SMILES string of the molecule is CCCCCCCCCCCCCCCCCCCCCCC(=O)O[C@H](COC(=O)CCCCCCCCCCCC)CO[C@H]1O[C@H](CS(=O)(=O)O)[C@@H](O)C(O)C1O. The van der Waals surface area contributed by atoms with E-state index in [0.717, 1.165) is 38.5 Å². The van der Waals surface area contributed by atoms with Crippen molar-refractivity contribution in [2.45, 2.75) is 256 Å². The highest BCUT2D eigenvalue weighted by Crippen LogP contribution is 2.24. The van der Waals surface area contributed by atoms with E-state index in [1.807, 2.05) is 0 Å². The van der Waals surface area contributed by atoms with Crippen LogP contribution in [0.3, 0.4) is 0 Å². The lowest BCUT2D eigenvalue weighted by atomic mass is 10.00. The van der Waals surface area contributed by atoms with E-state index in [4.69, 9.17) is 18.9 Å². The third kappa shape index (κ3) is 30.6. The summed E-state index contributed by atoms with van der Waals surface area (Å²) < 4.78 is 54.0. The second kappa shape index (κ2) is 36.3. The van der Waals surface area contributed by atoms with E-state index in [-0.39, 0.29) is 19.4 Å². The molecule has 0 spiro atoms. The number of hydrogen-bond donors (Lipinski definition) is 4. The topological polar surface area (TPSA) is 186 Å². The molecule has 0 aromatic heterocycles. The van der Waals surface area contributed by atoms with Crippen LogP contribution >= 0.6 is 0 Å². The van der Waals surface area contributed by atoms with Gasteiger partial charge in [0.05, 0.1) is 6.61 Å². The van der Waals surface area contributed by atoms with Gasteiger partial charge in [-0.15, -0.1) is 0 Å². The van der Waals surface area contributed by atoms with Crippen molar-refractivity contribution >= 4 is 22.1 Å². The summed E-state index contributed by atoms with van der Waals surface area (Å²) in [5.74, 6) is -1.96. The molecule has 0 aromatic rings. The lowest BCUT2D eigenvalue weighted by Gasteiger charge is -2.40. The number of carbonyl (C=O) groups is 2. The van der Waals surface area contributed by atoms with Gasteiger partial charge in [0.25, 0.3) is 10.1 Å². The van der Waals surface area contributed by atoms with Gasteiger partial charge < -0.3 is 34.3 Å². The van der Waals surface area contributed by atoms with Crippen LogP contribution in [-0.2, 0) is 38.7 Å². The molecule has 1 aliphatic heterocycles. The van der Waals surface area contributed by atoms with Crippen LogP contribution < -0.4 is 0 Å². The Hall–Kier alpha value is -1.35. The molecule has 0 aromatic carbocycles. The molecule has 2 unspecified atom stereocenters. The normalized spacial score (nSPS) is 20.3. The molecule has 0 radical (unpaired) electrons. The van der Waals surface area contributed by atoms with Gasteiger partial charge >= 0.3 is 11.9 Å². The Kier molecular flexibility index (Phi) is 34.2. The summed E-state index contributed by atoms with van der Waals surface area (Å²) in [7, 11) is -4.59. The number of rotatable bonds is 40. The van der Waals surface area contributed by atoms with E-state index in [9.17, 15) is 37.9 Å². The van der Waals surface area contributed by atoms with Gasteiger partial charge in [-0.3, -0.25) is 14.1 Å². The maximum Gasteiger partial charge on any atom is 0.306 e. The van der Waals surface area contributed by atoms with Gasteiger partial charge in [-0.1, -0.05) is 194 Å². The summed E-state index contributed by atoms with van der Waals surface area (Å²) >= 11 is 0. The Morgan fingerprint density at radius 3 is 1.26 bits per heavy atom. The highest BCUT2D eigenvalue weighted by molar-refractivity contribution is 7.85. The zero-order valence-corrected chi connectivity index (χ0v) is 37.5. The lowest BCUT2D eigenvalue weighted by molar-refractivity contribution is -0.297.